The van der Waals surface area contributed by atoms with Crippen LogP contribution in [-0.2, 0) is 20.4 Å². The summed E-state index contributed by atoms with van der Waals surface area (Å²) < 4.78 is 5.35. The third kappa shape index (κ3) is 4.23. The van der Waals surface area contributed by atoms with Crippen molar-refractivity contribution in [3.05, 3.63) is 59.9 Å². The van der Waals surface area contributed by atoms with Crippen LogP contribution < -0.4 is 4.74 Å². The van der Waals surface area contributed by atoms with Gasteiger partial charge in [0.05, 0.1) is 18.2 Å². The van der Waals surface area contributed by atoms with Gasteiger partial charge in [0.1, 0.15) is 11.2 Å². The highest BCUT2D eigenvalue weighted by Crippen LogP contribution is 2.44. The number of likely N-dealkylation sites (tertiary alicyclic amines) is 1. The molecule has 4 rings (SSSR count). The van der Waals surface area contributed by atoms with Gasteiger partial charge in [-0.3, -0.25) is 14.6 Å². The molecule has 2 fully saturated rings. The molecule has 1 saturated heterocycles. The number of piperidine rings is 1. The van der Waals surface area contributed by atoms with E-state index in [0.29, 0.717) is 19.5 Å². The number of methoxy groups -OCH3 is 1. The van der Waals surface area contributed by atoms with Crippen LogP contribution in [0, 0.1) is 0 Å². The van der Waals surface area contributed by atoms with Crippen LogP contribution in [-0.4, -0.2) is 60.9 Å². The fourth-order valence-electron chi connectivity index (χ4n) is 5.79. The van der Waals surface area contributed by atoms with Gasteiger partial charge in [-0.15, -0.1) is 0 Å². The van der Waals surface area contributed by atoms with Crippen molar-refractivity contribution in [2.75, 3.05) is 34.3 Å². The highest BCUT2D eigenvalue weighted by atomic mass is 16.5. The Morgan fingerprint density at radius 1 is 0.939 bits per heavy atom. The molecule has 1 aliphatic carbocycles. The highest BCUT2D eigenvalue weighted by Gasteiger charge is 2.50. The zero-order chi connectivity index (χ0) is 23.5. The largest absolute Gasteiger partial charge is 0.497 e. The van der Waals surface area contributed by atoms with Crippen molar-refractivity contribution in [1.29, 1.82) is 0 Å². The SMILES string of the molecule is COc1ccc(C2(C(=O)N3CCC[C@](C(=O)N(C)C)(c4ccccn4)C3)CCCCC2)cc1. The van der Waals surface area contributed by atoms with Crippen LogP contribution in [0.1, 0.15) is 56.2 Å². The predicted octanol–water partition coefficient (Wildman–Crippen LogP) is 3.94. The summed E-state index contributed by atoms with van der Waals surface area (Å²) in [4.78, 5) is 36.0. The molecule has 33 heavy (non-hydrogen) atoms. The Hall–Kier alpha value is -2.89. The smallest absolute Gasteiger partial charge is 0.236 e. The van der Waals surface area contributed by atoms with Crippen molar-refractivity contribution in [3.63, 3.8) is 0 Å². The van der Waals surface area contributed by atoms with Gasteiger partial charge in [0.25, 0.3) is 0 Å². The quantitative estimate of drug-likeness (QED) is 0.694. The monoisotopic (exact) mass is 449 g/mol. The van der Waals surface area contributed by atoms with E-state index in [2.05, 4.69) is 4.98 Å². The second-order valence-corrected chi connectivity index (χ2v) is 9.70. The van der Waals surface area contributed by atoms with Gasteiger partial charge in [0.15, 0.2) is 0 Å². The average molecular weight is 450 g/mol. The van der Waals surface area contributed by atoms with E-state index < -0.39 is 10.8 Å². The first kappa shape index (κ1) is 23.3. The maximum absolute atomic E-state index is 14.3. The van der Waals surface area contributed by atoms with Crippen LogP contribution in [0.2, 0.25) is 0 Å². The molecule has 2 amide bonds. The Morgan fingerprint density at radius 2 is 1.64 bits per heavy atom. The molecule has 0 radical (unpaired) electrons. The number of nitrogens with zero attached hydrogens (tertiary/aromatic N) is 3. The van der Waals surface area contributed by atoms with E-state index in [1.54, 1.807) is 32.3 Å². The Bertz CT molecular complexity index is 968. The number of hydrogen-bond acceptors (Lipinski definition) is 4. The molecule has 0 spiro atoms. The maximum Gasteiger partial charge on any atom is 0.236 e. The first-order valence-electron chi connectivity index (χ1n) is 12.0. The Morgan fingerprint density at radius 3 is 2.24 bits per heavy atom. The van der Waals surface area contributed by atoms with Crippen LogP contribution in [0.4, 0.5) is 0 Å². The van der Waals surface area contributed by atoms with Crippen molar-refractivity contribution in [3.8, 4) is 5.75 Å². The topological polar surface area (TPSA) is 62.7 Å². The van der Waals surface area contributed by atoms with E-state index in [0.717, 1.165) is 55.5 Å². The number of carbonyl (C=O) groups excluding carboxylic acids is 2. The number of ether oxygens (including phenoxy) is 1. The number of rotatable bonds is 5. The molecule has 6 heteroatoms. The molecule has 0 bridgehead atoms. The van der Waals surface area contributed by atoms with Gasteiger partial charge >= 0.3 is 0 Å². The fourth-order valence-corrected chi connectivity index (χ4v) is 5.79. The van der Waals surface area contributed by atoms with Gasteiger partial charge in [-0.05, 0) is 55.5 Å². The molecular weight excluding hydrogens is 414 g/mol. The molecule has 1 atom stereocenters. The number of amides is 2. The molecule has 1 aromatic heterocycles. The molecule has 0 unspecified atom stereocenters. The third-order valence-corrected chi connectivity index (χ3v) is 7.51. The van der Waals surface area contributed by atoms with E-state index in [9.17, 15) is 9.59 Å². The number of aromatic nitrogens is 1. The summed E-state index contributed by atoms with van der Waals surface area (Å²) in [6.07, 6.45) is 8.12. The second-order valence-electron chi connectivity index (χ2n) is 9.70. The van der Waals surface area contributed by atoms with Gasteiger partial charge in [-0.25, -0.2) is 0 Å². The summed E-state index contributed by atoms with van der Waals surface area (Å²) in [5.74, 6) is 0.959. The lowest BCUT2D eigenvalue weighted by Crippen LogP contribution is -2.59. The number of pyridine rings is 1. The zero-order valence-corrected chi connectivity index (χ0v) is 20.0. The standard InChI is InChI=1S/C27H35N3O3/c1-29(2)24(31)27(23-10-5-8-18-28-23)17-9-19-30(20-27)25(32)26(15-6-4-7-16-26)21-11-13-22(33-3)14-12-21/h5,8,10-14,18H,4,6-7,9,15-17,19-20H2,1-3H3/t27-/m1/s1. The molecule has 2 heterocycles. The summed E-state index contributed by atoms with van der Waals surface area (Å²) >= 11 is 0. The molecule has 176 valence electrons. The summed E-state index contributed by atoms with van der Waals surface area (Å²) in [6, 6.07) is 13.7. The van der Waals surface area contributed by atoms with E-state index in [-0.39, 0.29) is 11.8 Å². The average Bonchev–Trinajstić information content (AvgIpc) is 2.88. The van der Waals surface area contributed by atoms with Gasteiger partial charge in [-0.2, -0.15) is 0 Å². The van der Waals surface area contributed by atoms with Crippen LogP contribution in [0.25, 0.3) is 0 Å². The van der Waals surface area contributed by atoms with E-state index >= 15 is 0 Å². The maximum atomic E-state index is 14.3. The normalized spacial score (nSPS) is 22.5. The van der Waals surface area contributed by atoms with Gasteiger partial charge in [0.2, 0.25) is 11.8 Å². The van der Waals surface area contributed by atoms with E-state index in [1.807, 2.05) is 47.4 Å². The third-order valence-electron chi connectivity index (χ3n) is 7.51. The molecule has 1 aromatic carbocycles. The lowest BCUT2D eigenvalue weighted by molar-refractivity contribution is -0.146. The summed E-state index contributed by atoms with van der Waals surface area (Å²) in [6.45, 7) is 1.05. The Kier molecular flexibility index (Phi) is 6.73. The van der Waals surface area contributed by atoms with Crippen LogP contribution in [0.5, 0.6) is 5.75 Å². The first-order valence-corrected chi connectivity index (χ1v) is 12.0. The lowest BCUT2D eigenvalue weighted by Gasteiger charge is -2.47. The second kappa shape index (κ2) is 9.54. The minimum Gasteiger partial charge on any atom is -0.497 e. The van der Waals surface area contributed by atoms with Gasteiger partial charge < -0.3 is 14.5 Å². The van der Waals surface area contributed by atoms with Crippen molar-refractivity contribution < 1.29 is 14.3 Å². The molecule has 1 aliphatic heterocycles. The Labute approximate surface area is 196 Å². The number of likely N-dealkylation sites (N-methyl/N-ethyl adjacent to an activating group) is 1. The number of hydrogen-bond donors (Lipinski definition) is 0. The van der Waals surface area contributed by atoms with E-state index in [1.165, 1.54) is 0 Å². The van der Waals surface area contributed by atoms with Crippen molar-refractivity contribution in [2.24, 2.45) is 0 Å². The number of carbonyl (C=O) groups is 2. The van der Waals surface area contributed by atoms with Crippen LogP contribution in [0.15, 0.2) is 48.7 Å². The molecule has 6 nitrogen and oxygen atoms in total. The van der Waals surface area contributed by atoms with Crippen molar-refractivity contribution in [1.82, 2.24) is 14.8 Å². The first-order chi connectivity index (χ1) is 15.9. The number of benzene rings is 1. The van der Waals surface area contributed by atoms with Crippen LogP contribution >= 0.6 is 0 Å². The summed E-state index contributed by atoms with van der Waals surface area (Å²) in [5, 5.41) is 0. The van der Waals surface area contributed by atoms with Crippen molar-refractivity contribution in [2.45, 2.75) is 55.8 Å². The molecule has 2 aliphatic rings. The Balaban J connectivity index is 1.71. The molecular formula is C27H35N3O3. The summed E-state index contributed by atoms with van der Waals surface area (Å²) in [7, 11) is 5.23. The predicted molar refractivity (Wildman–Crippen MR) is 128 cm³/mol. The van der Waals surface area contributed by atoms with Crippen molar-refractivity contribution >= 4 is 11.8 Å². The lowest BCUT2D eigenvalue weighted by atomic mass is 9.67. The molecule has 2 aromatic rings. The van der Waals surface area contributed by atoms with E-state index in [4.69, 9.17) is 4.74 Å². The molecule has 1 saturated carbocycles. The minimum atomic E-state index is -0.811. The minimum absolute atomic E-state index is 0.0147. The zero-order valence-electron chi connectivity index (χ0n) is 20.0. The van der Waals surface area contributed by atoms with Gasteiger partial charge in [0, 0.05) is 33.4 Å². The highest BCUT2D eigenvalue weighted by molar-refractivity contribution is 5.92. The van der Waals surface area contributed by atoms with Gasteiger partial charge in [-0.1, -0.05) is 37.5 Å². The summed E-state index contributed by atoms with van der Waals surface area (Å²) in [5.41, 5.74) is 0.456. The van der Waals surface area contributed by atoms with Crippen LogP contribution in [0.3, 0.4) is 0 Å². The molecule has 0 N–H and O–H groups in total. The fraction of sp³-hybridized carbons (Fsp3) is 0.519.